The molecule has 1 heterocycles. The molecule has 0 aromatic carbocycles. The van der Waals surface area contributed by atoms with Crippen LogP contribution < -0.4 is 5.32 Å². The molecule has 1 N–H and O–H groups in total. The summed E-state index contributed by atoms with van der Waals surface area (Å²) in [4.78, 5) is 25.5. The predicted molar refractivity (Wildman–Crippen MR) is 62.8 cm³/mol. The van der Waals surface area contributed by atoms with Gasteiger partial charge in [0.05, 0.1) is 6.54 Å². The van der Waals surface area contributed by atoms with Crippen LogP contribution in [-0.2, 0) is 9.59 Å². The number of carbonyl (C=O) groups is 2. The summed E-state index contributed by atoms with van der Waals surface area (Å²) in [6.45, 7) is 6.45. The van der Waals surface area contributed by atoms with Gasteiger partial charge in [0.25, 0.3) is 0 Å². The maximum absolute atomic E-state index is 12.0. The first-order chi connectivity index (χ1) is 7.62. The summed E-state index contributed by atoms with van der Waals surface area (Å²) in [6, 6.07) is 0. The standard InChI is InChI=1S/C12H20N2O2/c1-4-7-8-14-10(15)9-13-11(16)12(14,5-2)6-3/h4,7H,5-6,8-9H2,1-3H3,(H,13,16)/b7-4+. The van der Waals surface area contributed by atoms with Gasteiger partial charge in [-0.2, -0.15) is 0 Å². The molecule has 0 saturated carbocycles. The quantitative estimate of drug-likeness (QED) is 0.726. The van der Waals surface area contributed by atoms with E-state index >= 15 is 0 Å². The third-order valence-electron chi connectivity index (χ3n) is 3.33. The van der Waals surface area contributed by atoms with E-state index in [9.17, 15) is 9.59 Å². The number of allylic oxidation sites excluding steroid dienone is 1. The van der Waals surface area contributed by atoms with Crippen molar-refractivity contribution >= 4 is 11.8 Å². The first-order valence-electron chi connectivity index (χ1n) is 5.82. The van der Waals surface area contributed by atoms with E-state index in [1.807, 2.05) is 32.9 Å². The van der Waals surface area contributed by atoms with Crippen molar-refractivity contribution in [3.63, 3.8) is 0 Å². The molecule has 0 unspecified atom stereocenters. The molecular formula is C12H20N2O2. The van der Waals surface area contributed by atoms with E-state index in [2.05, 4.69) is 5.32 Å². The summed E-state index contributed by atoms with van der Waals surface area (Å²) < 4.78 is 0. The monoisotopic (exact) mass is 224 g/mol. The molecule has 1 saturated heterocycles. The van der Waals surface area contributed by atoms with E-state index in [1.165, 1.54) is 0 Å². The molecule has 1 aliphatic heterocycles. The molecule has 4 nitrogen and oxygen atoms in total. The Kier molecular flexibility index (Phi) is 4.10. The van der Waals surface area contributed by atoms with Crippen molar-refractivity contribution in [3.8, 4) is 0 Å². The van der Waals surface area contributed by atoms with Gasteiger partial charge in [-0.25, -0.2) is 0 Å². The molecule has 0 spiro atoms. The highest BCUT2D eigenvalue weighted by Gasteiger charge is 2.45. The second kappa shape index (κ2) is 5.14. The average Bonchev–Trinajstić information content (AvgIpc) is 2.30. The van der Waals surface area contributed by atoms with Crippen LogP contribution in [-0.4, -0.2) is 35.3 Å². The molecule has 1 aliphatic rings. The van der Waals surface area contributed by atoms with Gasteiger partial charge in [0, 0.05) is 6.54 Å². The Hall–Kier alpha value is -1.32. The molecular weight excluding hydrogens is 204 g/mol. The van der Waals surface area contributed by atoms with Crippen molar-refractivity contribution in [2.75, 3.05) is 13.1 Å². The zero-order valence-corrected chi connectivity index (χ0v) is 10.2. The minimum Gasteiger partial charge on any atom is -0.345 e. The number of carbonyl (C=O) groups excluding carboxylic acids is 2. The van der Waals surface area contributed by atoms with Crippen LogP contribution in [0.4, 0.5) is 0 Å². The highest BCUT2D eigenvalue weighted by atomic mass is 16.2. The third kappa shape index (κ3) is 1.96. The van der Waals surface area contributed by atoms with Crippen molar-refractivity contribution in [2.45, 2.75) is 39.2 Å². The Balaban J connectivity index is 3.02. The van der Waals surface area contributed by atoms with Crippen molar-refractivity contribution in [1.29, 1.82) is 0 Å². The van der Waals surface area contributed by atoms with Crippen LogP contribution in [0.5, 0.6) is 0 Å². The lowest BCUT2D eigenvalue weighted by Gasteiger charge is -2.44. The normalized spacial score (nSPS) is 20.3. The van der Waals surface area contributed by atoms with Crippen LogP contribution in [0.25, 0.3) is 0 Å². The number of nitrogens with one attached hydrogen (secondary N) is 1. The van der Waals surface area contributed by atoms with E-state index in [0.29, 0.717) is 19.4 Å². The zero-order chi connectivity index (χ0) is 12.2. The predicted octanol–water partition coefficient (Wildman–Crippen LogP) is 1.08. The largest absolute Gasteiger partial charge is 0.345 e. The van der Waals surface area contributed by atoms with E-state index in [1.54, 1.807) is 4.90 Å². The fourth-order valence-corrected chi connectivity index (χ4v) is 2.22. The summed E-state index contributed by atoms with van der Waals surface area (Å²) in [5.74, 6) is -0.0250. The Morgan fingerprint density at radius 2 is 2.00 bits per heavy atom. The lowest BCUT2D eigenvalue weighted by molar-refractivity contribution is -0.153. The molecule has 0 atom stereocenters. The number of piperazine rings is 1. The number of rotatable bonds is 4. The maximum atomic E-state index is 12.0. The van der Waals surface area contributed by atoms with Gasteiger partial charge in [-0.3, -0.25) is 9.59 Å². The Bertz CT molecular complexity index is 306. The van der Waals surface area contributed by atoms with Gasteiger partial charge in [-0.1, -0.05) is 26.0 Å². The van der Waals surface area contributed by atoms with E-state index in [4.69, 9.17) is 0 Å². The molecule has 0 bridgehead atoms. The highest BCUT2D eigenvalue weighted by Crippen LogP contribution is 2.27. The molecule has 16 heavy (non-hydrogen) atoms. The van der Waals surface area contributed by atoms with Crippen LogP contribution in [0.3, 0.4) is 0 Å². The summed E-state index contributed by atoms with van der Waals surface area (Å²) >= 11 is 0. The second-order valence-electron chi connectivity index (χ2n) is 3.99. The molecule has 4 heteroatoms. The van der Waals surface area contributed by atoms with Gasteiger partial charge in [-0.15, -0.1) is 0 Å². The van der Waals surface area contributed by atoms with E-state index < -0.39 is 5.54 Å². The SMILES string of the molecule is C/C=C/CN1C(=O)CNC(=O)C1(CC)CC. The third-order valence-corrected chi connectivity index (χ3v) is 3.33. The molecule has 0 aromatic rings. The second-order valence-corrected chi connectivity index (χ2v) is 3.99. The van der Waals surface area contributed by atoms with Crippen LogP contribution in [0.2, 0.25) is 0 Å². The average molecular weight is 224 g/mol. The summed E-state index contributed by atoms with van der Waals surface area (Å²) in [5, 5.41) is 2.68. The zero-order valence-electron chi connectivity index (χ0n) is 10.2. The van der Waals surface area contributed by atoms with Crippen LogP contribution in [0.1, 0.15) is 33.6 Å². The number of hydrogen-bond acceptors (Lipinski definition) is 2. The van der Waals surface area contributed by atoms with Crippen LogP contribution in [0.15, 0.2) is 12.2 Å². The van der Waals surface area contributed by atoms with Gasteiger partial charge < -0.3 is 10.2 Å². The Morgan fingerprint density at radius 1 is 1.38 bits per heavy atom. The van der Waals surface area contributed by atoms with Crippen LogP contribution >= 0.6 is 0 Å². The first kappa shape index (κ1) is 12.7. The minimum absolute atomic E-state index is 0.00130. The molecule has 0 radical (unpaired) electrons. The van der Waals surface area contributed by atoms with Gasteiger partial charge in [0.1, 0.15) is 5.54 Å². The van der Waals surface area contributed by atoms with Crippen LogP contribution in [0, 0.1) is 0 Å². The number of amides is 2. The van der Waals surface area contributed by atoms with E-state index in [-0.39, 0.29) is 18.4 Å². The van der Waals surface area contributed by atoms with Crippen molar-refractivity contribution in [2.24, 2.45) is 0 Å². The molecule has 1 rings (SSSR count). The van der Waals surface area contributed by atoms with Crippen molar-refractivity contribution < 1.29 is 9.59 Å². The number of nitrogens with zero attached hydrogens (tertiary/aromatic N) is 1. The van der Waals surface area contributed by atoms with Gasteiger partial charge in [0.15, 0.2) is 0 Å². The molecule has 0 aromatic heterocycles. The topological polar surface area (TPSA) is 49.4 Å². The van der Waals surface area contributed by atoms with Gasteiger partial charge >= 0.3 is 0 Å². The minimum atomic E-state index is -0.658. The van der Waals surface area contributed by atoms with Crippen molar-refractivity contribution in [3.05, 3.63) is 12.2 Å². The summed E-state index contributed by atoms with van der Waals surface area (Å²) in [5.41, 5.74) is -0.658. The molecule has 1 fully saturated rings. The maximum Gasteiger partial charge on any atom is 0.246 e. The summed E-state index contributed by atoms with van der Waals surface area (Å²) in [7, 11) is 0. The number of hydrogen-bond donors (Lipinski definition) is 1. The lowest BCUT2D eigenvalue weighted by Crippen LogP contribution is -2.66. The molecule has 0 aliphatic carbocycles. The lowest BCUT2D eigenvalue weighted by atomic mass is 9.87. The Morgan fingerprint density at radius 3 is 2.50 bits per heavy atom. The molecule has 2 amide bonds. The first-order valence-corrected chi connectivity index (χ1v) is 5.82. The highest BCUT2D eigenvalue weighted by molar-refractivity contribution is 5.98. The van der Waals surface area contributed by atoms with Gasteiger partial charge in [0.2, 0.25) is 11.8 Å². The fourth-order valence-electron chi connectivity index (χ4n) is 2.22. The summed E-state index contributed by atoms with van der Waals surface area (Å²) in [6.07, 6.45) is 5.11. The fraction of sp³-hybridized carbons (Fsp3) is 0.667. The van der Waals surface area contributed by atoms with Crippen molar-refractivity contribution in [1.82, 2.24) is 10.2 Å². The van der Waals surface area contributed by atoms with Gasteiger partial charge in [-0.05, 0) is 19.8 Å². The molecule has 90 valence electrons. The van der Waals surface area contributed by atoms with E-state index in [0.717, 1.165) is 0 Å². The Labute approximate surface area is 96.7 Å². The smallest absolute Gasteiger partial charge is 0.246 e.